The van der Waals surface area contributed by atoms with Gasteiger partial charge >= 0.3 is 0 Å². The van der Waals surface area contributed by atoms with Crippen LogP contribution in [0, 0.1) is 0 Å². The van der Waals surface area contributed by atoms with Crippen LogP contribution in [0.3, 0.4) is 0 Å². The quantitative estimate of drug-likeness (QED) is 0.854. The molecule has 5 nitrogen and oxygen atoms in total. The Morgan fingerprint density at radius 2 is 1.94 bits per heavy atom. The minimum atomic E-state index is -1.15. The number of rotatable bonds is 5. The number of methoxy groups -OCH3 is 2. The molecule has 1 aromatic rings. The van der Waals surface area contributed by atoms with Gasteiger partial charge in [0, 0.05) is 13.2 Å². The summed E-state index contributed by atoms with van der Waals surface area (Å²) in [6, 6.07) is 0.143. The molecule has 0 saturated heterocycles. The molecule has 0 bridgehead atoms. The number of nitrogens with zero attached hydrogens (tertiary/aromatic N) is 2. The van der Waals surface area contributed by atoms with Crippen LogP contribution in [0.15, 0.2) is 6.20 Å². The van der Waals surface area contributed by atoms with Crippen molar-refractivity contribution in [2.75, 3.05) is 14.2 Å². The molecule has 0 radical (unpaired) electrons. The maximum Gasteiger partial charge on any atom is 0.163 e. The lowest BCUT2D eigenvalue weighted by Gasteiger charge is -2.31. The highest BCUT2D eigenvalue weighted by Gasteiger charge is 2.37. The molecule has 0 spiro atoms. The van der Waals surface area contributed by atoms with Crippen LogP contribution in [0.4, 0.5) is 0 Å². The summed E-state index contributed by atoms with van der Waals surface area (Å²) in [6.07, 6.45) is 1.26. The lowest BCUT2D eigenvalue weighted by atomic mass is 9.95. The Hall–Kier alpha value is -1.07. The lowest BCUT2D eigenvalue weighted by molar-refractivity contribution is -0.0838. The van der Waals surface area contributed by atoms with Gasteiger partial charge in [0.2, 0.25) is 0 Å². The fourth-order valence-electron chi connectivity index (χ4n) is 1.79. The van der Waals surface area contributed by atoms with Gasteiger partial charge in [-0.15, -0.1) is 0 Å². The van der Waals surface area contributed by atoms with Crippen LogP contribution in [0.1, 0.15) is 39.4 Å². The van der Waals surface area contributed by atoms with E-state index in [0.29, 0.717) is 11.4 Å². The summed E-state index contributed by atoms with van der Waals surface area (Å²) in [4.78, 5) is 0. The summed E-state index contributed by atoms with van der Waals surface area (Å²) in [7, 11) is 3.14. The summed E-state index contributed by atoms with van der Waals surface area (Å²) in [5.41, 5.74) is -0.509. The average molecular weight is 242 g/mol. The molecule has 0 saturated carbocycles. The van der Waals surface area contributed by atoms with E-state index in [0.717, 1.165) is 0 Å². The highest BCUT2D eigenvalue weighted by molar-refractivity contribution is 5.31. The van der Waals surface area contributed by atoms with Crippen molar-refractivity contribution >= 4 is 0 Å². The normalized spacial score (nSPS) is 16.9. The van der Waals surface area contributed by atoms with Crippen LogP contribution in [0.25, 0.3) is 0 Å². The largest absolute Gasteiger partial charge is 0.493 e. The highest BCUT2D eigenvalue weighted by atomic mass is 16.5. The Bertz CT molecular complexity index is 372. The molecule has 0 aliphatic carbocycles. The predicted octanol–water partition coefficient (Wildman–Crippen LogP) is 1.71. The van der Waals surface area contributed by atoms with Gasteiger partial charge in [0.15, 0.2) is 5.75 Å². The predicted molar refractivity (Wildman–Crippen MR) is 65.2 cm³/mol. The first kappa shape index (κ1) is 14.0. The molecule has 2 unspecified atom stereocenters. The van der Waals surface area contributed by atoms with Gasteiger partial charge in [-0.05, 0) is 27.7 Å². The molecule has 0 aliphatic heterocycles. The fraction of sp³-hybridized carbons (Fsp3) is 0.750. The SMILES string of the molecule is COc1cnn(C(C)C)c1C(C)(O)C(C)OC. The summed E-state index contributed by atoms with van der Waals surface area (Å²) < 4.78 is 12.2. The molecule has 0 aromatic carbocycles. The van der Waals surface area contributed by atoms with Gasteiger partial charge in [0.05, 0.1) is 19.4 Å². The van der Waals surface area contributed by atoms with Crippen LogP contribution in [0.5, 0.6) is 5.75 Å². The van der Waals surface area contributed by atoms with Crippen molar-refractivity contribution in [3.05, 3.63) is 11.9 Å². The molecule has 1 rings (SSSR count). The number of hydrogen-bond donors (Lipinski definition) is 1. The van der Waals surface area contributed by atoms with E-state index >= 15 is 0 Å². The topological polar surface area (TPSA) is 56.5 Å². The molecule has 1 aromatic heterocycles. The summed E-state index contributed by atoms with van der Waals surface area (Å²) in [5, 5.41) is 14.9. The minimum Gasteiger partial charge on any atom is -0.493 e. The number of ether oxygens (including phenoxy) is 2. The third-order valence-corrected chi connectivity index (χ3v) is 3.10. The Kier molecular flexibility index (Phi) is 4.16. The second kappa shape index (κ2) is 5.06. The molecular formula is C12H22N2O3. The van der Waals surface area contributed by atoms with Crippen molar-refractivity contribution in [3.8, 4) is 5.75 Å². The van der Waals surface area contributed by atoms with Gasteiger partial charge < -0.3 is 14.6 Å². The Balaban J connectivity index is 3.31. The molecule has 0 amide bonds. The Labute approximate surface area is 102 Å². The van der Waals surface area contributed by atoms with Crippen LogP contribution in [-0.2, 0) is 10.3 Å². The standard InChI is InChI=1S/C12H22N2O3/c1-8(2)14-11(10(17-6)7-13-14)12(4,15)9(3)16-5/h7-9,15H,1-6H3. The molecule has 98 valence electrons. The molecule has 2 atom stereocenters. The fourth-order valence-corrected chi connectivity index (χ4v) is 1.79. The maximum atomic E-state index is 10.6. The van der Waals surface area contributed by atoms with Crippen molar-refractivity contribution in [3.63, 3.8) is 0 Å². The monoisotopic (exact) mass is 242 g/mol. The third-order valence-electron chi connectivity index (χ3n) is 3.10. The third kappa shape index (κ3) is 2.45. The highest BCUT2D eigenvalue weighted by Crippen LogP contribution is 2.34. The van der Waals surface area contributed by atoms with E-state index in [2.05, 4.69) is 5.10 Å². The smallest absolute Gasteiger partial charge is 0.163 e. The van der Waals surface area contributed by atoms with E-state index in [1.807, 2.05) is 20.8 Å². The van der Waals surface area contributed by atoms with E-state index in [1.165, 1.54) is 0 Å². The molecule has 0 aliphatic rings. The van der Waals surface area contributed by atoms with Gasteiger partial charge in [0.25, 0.3) is 0 Å². The zero-order chi connectivity index (χ0) is 13.2. The molecule has 17 heavy (non-hydrogen) atoms. The van der Waals surface area contributed by atoms with E-state index < -0.39 is 5.60 Å². The minimum absolute atomic E-state index is 0.143. The van der Waals surface area contributed by atoms with E-state index in [1.54, 1.807) is 32.0 Å². The molecule has 0 fully saturated rings. The van der Waals surface area contributed by atoms with Gasteiger partial charge in [-0.2, -0.15) is 5.10 Å². The maximum absolute atomic E-state index is 10.6. The number of hydrogen-bond acceptors (Lipinski definition) is 4. The summed E-state index contributed by atoms with van der Waals surface area (Å²) in [6.45, 7) is 7.53. The van der Waals surface area contributed by atoms with Crippen LogP contribution in [-0.4, -0.2) is 35.2 Å². The van der Waals surface area contributed by atoms with Gasteiger partial charge in [-0.1, -0.05) is 0 Å². The van der Waals surface area contributed by atoms with E-state index in [9.17, 15) is 5.11 Å². The average Bonchev–Trinajstić information content (AvgIpc) is 2.71. The van der Waals surface area contributed by atoms with E-state index in [-0.39, 0.29) is 12.1 Å². The zero-order valence-corrected chi connectivity index (χ0v) is 11.4. The van der Waals surface area contributed by atoms with Crippen molar-refractivity contribution in [1.29, 1.82) is 0 Å². The van der Waals surface area contributed by atoms with E-state index in [4.69, 9.17) is 9.47 Å². The summed E-state index contributed by atoms with van der Waals surface area (Å²) >= 11 is 0. The van der Waals surface area contributed by atoms with Gasteiger partial charge in [0.1, 0.15) is 11.3 Å². The number of aliphatic hydroxyl groups is 1. The molecule has 5 heteroatoms. The number of aromatic nitrogens is 2. The molecular weight excluding hydrogens is 220 g/mol. The molecule has 1 N–H and O–H groups in total. The second-order valence-corrected chi connectivity index (χ2v) is 4.63. The first-order chi connectivity index (χ1) is 7.86. The first-order valence-electron chi connectivity index (χ1n) is 5.73. The van der Waals surface area contributed by atoms with Gasteiger partial charge in [-0.25, -0.2) is 0 Å². The van der Waals surface area contributed by atoms with Crippen molar-refractivity contribution in [2.24, 2.45) is 0 Å². The van der Waals surface area contributed by atoms with Crippen LogP contribution >= 0.6 is 0 Å². The Morgan fingerprint density at radius 1 is 1.35 bits per heavy atom. The van der Waals surface area contributed by atoms with Crippen molar-refractivity contribution in [1.82, 2.24) is 9.78 Å². The first-order valence-corrected chi connectivity index (χ1v) is 5.73. The van der Waals surface area contributed by atoms with Crippen molar-refractivity contribution < 1.29 is 14.6 Å². The molecule has 1 heterocycles. The second-order valence-electron chi connectivity index (χ2n) is 4.63. The van der Waals surface area contributed by atoms with Crippen LogP contribution < -0.4 is 4.74 Å². The summed E-state index contributed by atoms with van der Waals surface area (Å²) in [5.74, 6) is 0.576. The van der Waals surface area contributed by atoms with Crippen molar-refractivity contribution in [2.45, 2.75) is 45.4 Å². The van der Waals surface area contributed by atoms with Gasteiger partial charge in [-0.3, -0.25) is 4.68 Å². The van der Waals surface area contributed by atoms with Crippen LogP contribution in [0.2, 0.25) is 0 Å². The lowest BCUT2D eigenvalue weighted by Crippen LogP contribution is -2.38. The Morgan fingerprint density at radius 3 is 2.35 bits per heavy atom. The zero-order valence-electron chi connectivity index (χ0n) is 11.4.